The number of carbonyl (C=O) groups excluding carboxylic acids is 1. The van der Waals surface area contributed by atoms with Crippen LogP contribution in [0.1, 0.15) is 18.9 Å². The summed E-state index contributed by atoms with van der Waals surface area (Å²) in [6.45, 7) is 1.85. The van der Waals surface area contributed by atoms with Crippen LogP contribution in [0.3, 0.4) is 0 Å². The topological polar surface area (TPSA) is 86.6 Å². The maximum absolute atomic E-state index is 11.3. The minimum absolute atomic E-state index is 0.0558. The van der Waals surface area contributed by atoms with Crippen molar-refractivity contribution in [2.75, 3.05) is 0 Å². The molecule has 0 saturated heterocycles. The predicted molar refractivity (Wildman–Crippen MR) is 70.8 cm³/mol. The molecule has 5 heteroatoms. The van der Waals surface area contributed by atoms with Gasteiger partial charge in [0.2, 0.25) is 5.91 Å². The van der Waals surface area contributed by atoms with Crippen molar-refractivity contribution in [2.45, 2.75) is 25.8 Å². The number of nitrogens with one attached hydrogen (secondary N) is 1. The van der Waals surface area contributed by atoms with Gasteiger partial charge in [0.1, 0.15) is 5.75 Å². The molecule has 1 aromatic carbocycles. The monoisotopic (exact) mass is 263 g/mol. The molecule has 0 fully saturated rings. The molecule has 1 amide bonds. The number of hydrogen-bond donors (Lipinski definition) is 3. The number of hydrogen-bond acceptors (Lipinski definition) is 3. The summed E-state index contributed by atoms with van der Waals surface area (Å²) in [7, 11) is 0. The molecule has 5 nitrogen and oxygen atoms in total. The van der Waals surface area contributed by atoms with Crippen molar-refractivity contribution < 1.29 is 19.8 Å². The summed E-state index contributed by atoms with van der Waals surface area (Å²) in [6, 6.07) is 6.84. The number of amides is 1. The van der Waals surface area contributed by atoms with Gasteiger partial charge in [-0.2, -0.15) is 0 Å². The summed E-state index contributed by atoms with van der Waals surface area (Å²) in [6.07, 6.45) is 3.31. The third-order valence-electron chi connectivity index (χ3n) is 2.57. The van der Waals surface area contributed by atoms with Crippen molar-refractivity contribution in [3.05, 3.63) is 42.0 Å². The fourth-order valence-electron chi connectivity index (χ4n) is 1.56. The molecule has 0 aromatic heterocycles. The van der Waals surface area contributed by atoms with Gasteiger partial charge in [-0.1, -0.05) is 12.1 Å². The Morgan fingerprint density at radius 1 is 1.26 bits per heavy atom. The first kappa shape index (κ1) is 14.8. The van der Waals surface area contributed by atoms with E-state index in [4.69, 9.17) is 10.2 Å². The zero-order chi connectivity index (χ0) is 14.3. The first-order valence-corrected chi connectivity index (χ1v) is 5.97. The molecule has 102 valence electrons. The van der Waals surface area contributed by atoms with Crippen LogP contribution in [0.5, 0.6) is 5.75 Å². The lowest BCUT2D eigenvalue weighted by molar-refractivity contribution is -0.131. The van der Waals surface area contributed by atoms with E-state index in [-0.39, 0.29) is 11.8 Å². The molecule has 0 aliphatic heterocycles. The van der Waals surface area contributed by atoms with Gasteiger partial charge in [-0.3, -0.25) is 4.79 Å². The van der Waals surface area contributed by atoms with E-state index < -0.39 is 11.9 Å². The van der Waals surface area contributed by atoms with Crippen LogP contribution in [0.4, 0.5) is 0 Å². The minimum atomic E-state index is -1.15. The van der Waals surface area contributed by atoms with E-state index in [2.05, 4.69) is 5.32 Å². The Morgan fingerprint density at radius 2 is 1.89 bits per heavy atom. The minimum Gasteiger partial charge on any atom is -0.508 e. The number of carboxylic acids is 1. The van der Waals surface area contributed by atoms with Crippen LogP contribution >= 0.6 is 0 Å². The second-order valence-electron chi connectivity index (χ2n) is 4.29. The third kappa shape index (κ3) is 6.26. The van der Waals surface area contributed by atoms with Crippen molar-refractivity contribution in [2.24, 2.45) is 0 Å². The molecule has 0 aliphatic rings. The van der Waals surface area contributed by atoms with Crippen LogP contribution in [0.15, 0.2) is 36.4 Å². The molecule has 3 N–H and O–H groups in total. The lowest BCUT2D eigenvalue weighted by Gasteiger charge is -2.12. The highest BCUT2D eigenvalue weighted by molar-refractivity contribution is 5.93. The Hall–Kier alpha value is -2.30. The summed E-state index contributed by atoms with van der Waals surface area (Å²) >= 11 is 0. The summed E-state index contributed by atoms with van der Waals surface area (Å²) < 4.78 is 0. The van der Waals surface area contributed by atoms with Crippen LogP contribution < -0.4 is 5.32 Å². The van der Waals surface area contributed by atoms with Crippen LogP contribution in [-0.4, -0.2) is 28.1 Å². The Morgan fingerprint density at radius 3 is 2.47 bits per heavy atom. The fraction of sp³-hybridized carbons (Fsp3) is 0.286. The number of aryl methyl sites for hydroxylation is 1. The summed E-state index contributed by atoms with van der Waals surface area (Å²) in [5, 5.41) is 20.2. The lowest BCUT2D eigenvalue weighted by Crippen LogP contribution is -2.31. The lowest BCUT2D eigenvalue weighted by atomic mass is 10.1. The molecule has 0 aliphatic carbocycles. The highest BCUT2D eigenvalue weighted by atomic mass is 16.4. The molecule has 1 atom stereocenters. The van der Waals surface area contributed by atoms with Gasteiger partial charge in [-0.25, -0.2) is 4.79 Å². The average Bonchev–Trinajstić information content (AvgIpc) is 2.36. The first-order valence-electron chi connectivity index (χ1n) is 5.97. The molecular formula is C14H17NO4. The largest absolute Gasteiger partial charge is 0.508 e. The van der Waals surface area contributed by atoms with Gasteiger partial charge < -0.3 is 15.5 Å². The van der Waals surface area contributed by atoms with Gasteiger partial charge in [0.05, 0.1) is 0 Å². The van der Waals surface area contributed by atoms with Crippen molar-refractivity contribution in [1.82, 2.24) is 5.32 Å². The van der Waals surface area contributed by atoms with E-state index in [0.717, 1.165) is 30.6 Å². The third-order valence-corrected chi connectivity index (χ3v) is 2.57. The molecule has 1 aromatic rings. The molecule has 19 heavy (non-hydrogen) atoms. The zero-order valence-corrected chi connectivity index (χ0v) is 10.7. The molecule has 0 saturated carbocycles. The fourth-order valence-corrected chi connectivity index (χ4v) is 1.56. The Balaban J connectivity index is 2.35. The van der Waals surface area contributed by atoms with E-state index in [0.29, 0.717) is 0 Å². The van der Waals surface area contributed by atoms with E-state index >= 15 is 0 Å². The molecule has 1 unspecified atom stereocenters. The molecule has 1 rings (SSSR count). The molecule has 0 heterocycles. The Labute approximate surface area is 111 Å². The Kier molecular flexibility index (Phi) is 5.60. The first-order chi connectivity index (χ1) is 8.97. The number of carboxylic acid groups (broad SMARTS) is 1. The maximum atomic E-state index is 11.3. The molecular weight excluding hydrogens is 246 g/mol. The van der Waals surface area contributed by atoms with Crippen LogP contribution in [-0.2, 0) is 16.0 Å². The van der Waals surface area contributed by atoms with E-state index in [1.807, 2.05) is 19.1 Å². The molecule has 0 bridgehead atoms. The van der Waals surface area contributed by atoms with Crippen molar-refractivity contribution in [3.8, 4) is 5.75 Å². The molecule has 0 spiro atoms. The summed E-state index contributed by atoms with van der Waals surface area (Å²) in [4.78, 5) is 21.6. The van der Waals surface area contributed by atoms with Gasteiger partial charge in [-0.15, -0.1) is 0 Å². The van der Waals surface area contributed by atoms with E-state index in [9.17, 15) is 9.59 Å². The van der Waals surface area contributed by atoms with Crippen molar-refractivity contribution in [1.29, 1.82) is 0 Å². The predicted octanol–water partition coefficient (Wildman–Crippen LogP) is 1.47. The smallest absolute Gasteiger partial charge is 0.328 e. The number of phenolic OH excluding ortho intramolecular Hbond substituents is 1. The van der Waals surface area contributed by atoms with Gasteiger partial charge >= 0.3 is 5.97 Å². The number of carbonyl (C=O) groups is 2. The van der Waals surface area contributed by atoms with Crippen LogP contribution in [0, 0.1) is 0 Å². The van der Waals surface area contributed by atoms with Gasteiger partial charge in [0.15, 0.2) is 0 Å². The SMILES string of the molecule is CC(CCc1ccc(O)cc1)NC(=O)/C=C/C(=O)O. The number of phenols is 1. The normalized spacial score (nSPS) is 12.3. The van der Waals surface area contributed by atoms with E-state index in [1.165, 1.54) is 0 Å². The van der Waals surface area contributed by atoms with Crippen LogP contribution in [0.2, 0.25) is 0 Å². The summed E-state index contributed by atoms with van der Waals surface area (Å²) in [5.74, 6) is -1.34. The maximum Gasteiger partial charge on any atom is 0.328 e. The van der Waals surface area contributed by atoms with E-state index in [1.54, 1.807) is 12.1 Å². The second-order valence-corrected chi connectivity index (χ2v) is 4.29. The Bertz CT molecular complexity index is 465. The van der Waals surface area contributed by atoms with Gasteiger partial charge in [0.25, 0.3) is 0 Å². The number of rotatable bonds is 6. The number of aliphatic carboxylic acids is 1. The summed E-state index contributed by atoms with van der Waals surface area (Å²) in [5.41, 5.74) is 1.07. The highest BCUT2D eigenvalue weighted by Gasteiger charge is 2.05. The van der Waals surface area contributed by atoms with Crippen molar-refractivity contribution in [3.63, 3.8) is 0 Å². The average molecular weight is 263 g/mol. The second kappa shape index (κ2) is 7.20. The van der Waals surface area contributed by atoms with Crippen LogP contribution in [0.25, 0.3) is 0 Å². The molecule has 0 radical (unpaired) electrons. The number of benzene rings is 1. The van der Waals surface area contributed by atoms with Crippen molar-refractivity contribution >= 4 is 11.9 Å². The zero-order valence-electron chi connectivity index (χ0n) is 10.7. The standard InChI is InChI=1S/C14H17NO4/c1-10(15-13(17)8-9-14(18)19)2-3-11-4-6-12(16)7-5-11/h4-10,16H,2-3H2,1H3,(H,15,17)(H,18,19)/b9-8+. The van der Waals surface area contributed by atoms with Gasteiger partial charge in [0, 0.05) is 18.2 Å². The van der Waals surface area contributed by atoms with Gasteiger partial charge in [-0.05, 0) is 37.5 Å². The highest BCUT2D eigenvalue weighted by Crippen LogP contribution is 2.11. The quantitative estimate of drug-likeness (QED) is 0.678. The number of aromatic hydroxyl groups is 1.